The highest BCUT2D eigenvalue weighted by Crippen LogP contribution is 2.38. The van der Waals surface area contributed by atoms with Gasteiger partial charge in [0.15, 0.2) is 0 Å². The maximum atomic E-state index is 13.0. The van der Waals surface area contributed by atoms with Gasteiger partial charge in [0.2, 0.25) is 5.91 Å². The van der Waals surface area contributed by atoms with Gasteiger partial charge < -0.3 is 19.1 Å². The Labute approximate surface area is 172 Å². The minimum absolute atomic E-state index is 0.0766. The van der Waals surface area contributed by atoms with Crippen LogP contribution in [0.3, 0.4) is 0 Å². The third kappa shape index (κ3) is 5.01. The lowest BCUT2D eigenvalue weighted by Gasteiger charge is -2.34. The van der Waals surface area contributed by atoms with Crippen molar-refractivity contribution in [3.05, 3.63) is 23.8 Å². The molecule has 2 heterocycles. The molecule has 7 heteroatoms. The third-order valence-corrected chi connectivity index (χ3v) is 5.89. The molecule has 7 nitrogen and oxygen atoms in total. The van der Waals surface area contributed by atoms with Crippen LogP contribution in [0.4, 0.5) is 0 Å². The van der Waals surface area contributed by atoms with Gasteiger partial charge in [-0.3, -0.25) is 14.5 Å². The molecule has 2 fully saturated rings. The van der Waals surface area contributed by atoms with Crippen molar-refractivity contribution in [2.45, 2.75) is 38.6 Å². The second kappa shape index (κ2) is 9.96. The van der Waals surface area contributed by atoms with Crippen molar-refractivity contribution >= 4 is 11.9 Å². The highest BCUT2D eigenvalue weighted by atomic mass is 16.5. The van der Waals surface area contributed by atoms with Crippen LogP contribution in [0.2, 0.25) is 0 Å². The molecule has 2 aliphatic rings. The minimum atomic E-state index is -0.208. The monoisotopic (exact) mass is 404 g/mol. The van der Waals surface area contributed by atoms with Crippen molar-refractivity contribution < 1.29 is 23.8 Å². The predicted molar refractivity (Wildman–Crippen MR) is 109 cm³/mol. The largest absolute Gasteiger partial charge is 0.497 e. The minimum Gasteiger partial charge on any atom is -0.497 e. The van der Waals surface area contributed by atoms with E-state index in [0.717, 1.165) is 49.3 Å². The lowest BCUT2D eigenvalue weighted by atomic mass is 9.98. The van der Waals surface area contributed by atoms with Crippen molar-refractivity contribution in [2.24, 2.45) is 5.92 Å². The Morgan fingerprint density at radius 1 is 1.10 bits per heavy atom. The van der Waals surface area contributed by atoms with Crippen LogP contribution in [-0.2, 0) is 14.3 Å². The average Bonchev–Trinajstić information content (AvgIpc) is 3.21. The molecule has 160 valence electrons. The first kappa shape index (κ1) is 21.4. The zero-order valence-corrected chi connectivity index (χ0v) is 17.7. The summed E-state index contributed by atoms with van der Waals surface area (Å²) in [5.41, 5.74) is 1.06. The van der Waals surface area contributed by atoms with E-state index in [1.54, 1.807) is 14.2 Å². The number of ether oxygens (including phenoxy) is 3. The van der Waals surface area contributed by atoms with E-state index in [9.17, 15) is 9.59 Å². The zero-order valence-electron chi connectivity index (χ0n) is 17.7. The second-order valence-electron chi connectivity index (χ2n) is 7.67. The summed E-state index contributed by atoms with van der Waals surface area (Å²) < 4.78 is 16.1. The summed E-state index contributed by atoms with van der Waals surface area (Å²) in [6.07, 6.45) is 3.63. The van der Waals surface area contributed by atoms with Gasteiger partial charge in [-0.1, -0.05) is 0 Å². The molecule has 0 bridgehead atoms. The summed E-state index contributed by atoms with van der Waals surface area (Å²) >= 11 is 0. The number of nitrogens with zero attached hydrogens (tertiary/aromatic N) is 2. The van der Waals surface area contributed by atoms with Crippen LogP contribution in [-0.4, -0.2) is 68.7 Å². The van der Waals surface area contributed by atoms with Crippen LogP contribution in [0.25, 0.3) is 0 Å². The molecular formula is C22H32N2O5. The fraction of sp³-hybridized carbons (Fsp3) is 0.636. The molecule has 3 rings (SSSR count). The molecule has 0 spiro atoms. The first-order valence-corrected chi connectivity index (χ1v) is 10.5. The summed E-state index contributed by atoms with van der Waals surface area (Å²) in [4.78, 5) is 29.1. The van der Waals surface area contributed by atoms with E-state index in [4.69, 9.17) is 14.2 Å². The number of hydrogen-bond donors (Lipinski definition) is 0. The number of carbonyl (C=O) groups excluding carboxylic acids is 2. The topological polar surface area (TPSA) is 68.3 Å². The normalized spacial score (nSPS) is 22.4. The lowest BCUT2D eigenvalue weighted by molar-refractivity contribution is -0.151. The number of benzene rings is 1. The number of rotatable bonds is 7. The molecule has 0 saturated carbocycles. The summed E-state index contributed by atoms with van der Waals surface area (Å²) in [5.74, 6) is 1.28. The van der Waals surface area contributed by atoms with E-state index in [1.807, 2.05) is 30.0 Å². The highest BCUT2D eigenvalue weighted by molar-refractivity contribution is 5.80. The SMILES string of the molecule is CCOC(=O)[C@@H]1CCCN(C(=O)CN2CCC[C@@H]2c2cc(OC)ccc2OC)C1. The van der Waals surface area contributed by atoms with Crippen molar-refractivity contribution in [3.63, 3.8) is 0 Å². The molecule has 0 radical (unpaired) electrons. The smallest absolute Gasteiger partial charge is 0.310 e. The second-order valence-corrected chi connectivity index (χ2v) is 7.67. The molecule has 1 aromatic carbocycles. The lowest BCUT2D eigenvalue weighted by Crippen LogP contribution is -2.46. The summed E-state index contributed by atoms with van der Waals surface area (Å²) in [6.45, 7) is 4.56. The van der Waals surface area contributed by atoms with Crippen LogP contribution < -0.4 is 9.47 Å². The fourth-order valence-corrected chi connectivity index (χ4v) is 4.40. The molecule has 2 saturated heterocycles. The first-order valence-electron chi connectivity index (χ1n) is 10.5. The number of hydrogen-bond acceptors (Lipinski definition) is 6. The predicted octanol–water partition coefficient (Wildman–Crippen LogP) is 2.64. The Morgan fingerprint density at radius 2 is 1.90 bits per heavy atom. The Morgan fingerprint density at radius 3 is 2.62 bits per heavy atom. The van der Waals surface area contributed by atoms with Gasteiger partial charge in [-0.15, -0.1) is 0 Å². The average molecular weight is 405 g/mol. The van der Waals surface area contributed by atoms with Crippen molar-refractivity contribution in [1.29, 1.82) is 0 Å². The molecule has 0 N–H and O–H groups in total. The van der Waals surface area contributed by atoms with Gasteiger partial charge in [-0.25, -0.2) is 0 Å². The van der Waals surface area contributed by atoms with E-state index in [0.29, 0.717) is 26.2 Å². The first-order chi connectivity index (χ1) is 14.1. The van der Waals surface area contributed by atoms with Crippen molar-refractivity contribution in [1.82, 2.24) is 9.80 Å². The molecule has 1 aromatic rings. The standard InChI is InChI=1S/C22H32N2O5/c1-4-29-22(26)16-7-5-12-24(14-16)21(25)15-23-11-6-8-19(23)18-13-17(27-2)9-10-20(18)28-3/h9-10,13,16,19H,4-8,11-12,14-15H2,1-3H3/t16-,19-/m1/s1. The molecule has 29 heavy (non-hydrogen) atoms. The van der Waals surface area contributed by atoms with Crippen LogP contribution in [0.5, 0.6) is 11.5 Å². The van der Waals surface area contributed by atoms with Crippen LogP contribution >= 0.6 is 0 Å². The Balaban J connectivity index is 1.68. The Hall–Kier alpha value is -2.28. The van der Waals surface area contributed by atoms with Crippen LogP contribution in [0, 0.1) is 5.92 Å². The van der Waals surface area contributed by atoms with Gasteiger partial charge in [-0.2, -0.15) is 0 Å². The molecule has 2 atom stereocenters. The van der Waals surface area contributed by atoms with Gasteiger partial charge in [0.05, 0.1) is 33.3 Å². The van der Waals surface area contributed by atoms with E-state index >= 15 is 0 Å². The highest BCUT2D eigenvalue weighted by Gasteiger charge is 2.34. The Kier molecular flexibility index (Phi) is 7.36. The molecular weight excluding hydrogens is 372 g/mol. The van der Waals surface area contributed by atoms with Crippen molar-refractivity contribution in [2.75, 3.05) is 47.0 Å². The number of carbonyl (C=O) groups is 2. The fourth-order valence-electron chi connectivity index (χ4n) is 4.40. The van der Waals surface area contributed by atoms with E-state index in [-0.39, 0.29) is 23.8 Å². The van der Waals surface area contributed by atoms with Gasteiger partial charge in [0.25, 0.3) is 0 Å². The summed E-state index contributed by atoms with van der Waals surface area (Å²) in [6, 6.07) is 5.93. The number of esters is 1. The number of methoxy groups -OCH3 is 2. The van der Waals surface area contributed by atoms with Gasteiger partial charge in [0.1, 0.15) is 11.5 Å². The zero-order chi connectivity index (χ0) is 20.8. The molecule has 1 amide bonds. The molecule has 0 unspecified atom stereocenters. The number of likely N-dealkylation sites (tertiary alicyclic amines) is 2. The maximum absolute atomic E-state index is 13.0. The van der Waals surface area contributed by atoms with Crippen LogP contribution in [0.15, 0.2) is 18.2 Å². The van der Waals surface area contributed by atoms with E-state index in [2.05, 4.69) is 4.90 Å². The van der Waals surface area contributed by atoms with Crippen molar-refractivity contribution in [3.8, 4) is 11.5 Å². The summed E-state index contributed by atoms with van der Waals surface area (Å²) in [5, 5.41) is 0. The molecule has 0 aliphatic carbocycles. The van der Waals surface area contributed by atoms with E-state index < -0.39 is 0 Å². The maximum Gasteiger partial charge on any atom is 0.310 e. The summed E-state index contributed by atoms with van der Waals surface area (Å²) in [7, 11) is 3.32. The Bertz CT molecular complexity index is 723. The van der Waals surface area contributed by atoms with Gasteiger partial charge in [-0.05, 0) is 57.4 Å². The van der Waals surface area contributed by atoms with Gasteiger partial charge >= 0.3 is 5.97 Å². The van der Waals surface area contributed by atoms with E-state index in [1.165, 1.54) is 0 Å². The third-order valence-electron chi connectivity index (χ3n) is 5.89. The van der Waals surface area contributed by atoms with Crippen LogP contribution in [0.1, 0.15) is 44.2 Å². The molecule has 2 aliphatic heterocycles. The molecule has 0 aromatic heterocycles. The number of piperidine rings is 1. The van der Waals surface area contributed by atoms with Gasteiger partial charge in [0, 0.05) is 24.7 Å². The number of amides is 1. The quantitative estimate of drug-likeness (QED) is 0.651.